The van der Waals surface area contributed by atoms with E-state index in [1.54, 1.807) is 18.3 Å². The lowest BCUT2D eigenvalue weighted by Gasteiger charge is -2.26. The van der Waals surface area contributed by atoms with Crippen LogP contribution in [0.1, 0.15) is 39.0 Å². The molecule has 1 aliphatic rings. The van der Waals surface area contributed by atoms with E-state index in [2.05, 4.69) is 17.2 Å². The average Bonchev–Trinajstić information content (AvgIpc) is 2.41. The number of pyridine rings is 1. The molecule has 1 aliphatic carbocycles. The van der Waals surface area contributed by atoms with Crippen molar-refractivity contribution in [2.24, 2.45) is 11.8 Å². The summed E-state index contributed by atoms with van der Waals surface area (Å²) >= 11 is 0. The van der Waals surface area contributed by atoms with Crippen LogP contribution in [0, 0.1) is 11.8 Å². The van der Waals surface area contributed by atoms with E-state index < -0.39 is 0 Å². The molecule has 0 radical (unpaired) electrons. The second-order valence-electron chi connectivity index (χ2n) is 5.09. The highest BCUT2D eigenvalue weighted by Crippen LogP contribution is 2.31. The molecular formula is C14H22ClN3O. The molecule has 0 aromatic carbocycles. The van der Waals surface area contributed by atoms with E-state index in [0.717, 1.165) is 24.4 Å². The van der Waals surface area contributed by atoms with Crippen LogP contribution in [-0.2, 0) is 4.79 Å². The van der Waals surface area contributed by atoms with E-state index in [1.165, 1.54) is 19.3 Å². The Morgan fingerprint density at radius 2 is 2.05 bits per heavy atom. The van der Waals surface area contributed by atoms with Crippen LogP contribution in [0.4, 0.5) is 11.5 Å². The Labute approximate surface area is 120 Å². The lowest BCUT2D eigenvalue weighted by molar-refractivity contribution is -0.121. The van der Waals surface area contributed by atoms with Crippen molar-refractivity contribution in [2.75, 3.05) is 11.1 Å². The molecule has 1 heterocycles. The molecule has 1 amide bonds. The van der Waals surface area contributed by atoms with E-state index in [-0.39, 0.29) is 24.2 Å². The highest BCUT2D eigenvalue weighted by Gasteiger charge is 2.25. The van der Waals surface area contributed by atoms with Crippen molar-refractivity contribution in [1.82, 2.24) is 4.98 Å². The molecule has 0 unspecified atom stereocenters. The largest absolute Gasteiger partial charge is 0.384 e. The normalized spacial score (nSPS) is 22.4. The van der Waals surface area contributed by atoms with Crippen molar-refractivity contribution >= 4 is 29.8 Å². The lowest BCUT2D eigenvalue weighted by atomic mass is 9.80. The first kappa shape index (κ1) is 15.8. The first-order valence-electron chi connectivity index (χ1n) is 6.71. The molecule has 19 heavy (non-hydrogen) atoms. The SMILES string of the molecule is CCC1CCC(C(=O)Nc2ccc(N)nc2)CC1.Cl. The van der Waals surface area contributed by atoms with Gasteiger partial charge in [-0.25, -0.2) is 4.98 Å². The second kappa shape index (κ2) is 7.34. The van der Waals surface area contributed by atoms with Gasteiger partial charge in [0.2, 0.25) is 5.91 Å². The van der Waals surface area contributed by atoms with Crippen LogP contribution < -0.4 is 11.1 Å². The van der Waals surface area contributed by atoms with E-state index in [4.69, 9.17) is 5.73 Å². The molecule has 0 saturated heterocycles. The summed E-state index contributed by atoms with van der Waals surface area (Å²) in [4.78, 5) is 16.0. The molecule has 2 rings (SSSR count). The number of amides is 1. The number of halogens is 1. The first-order valence-corrected chi connectivity index (χ1v) is 6.71. The van der Waals surface area contributed by atoms with Gasteiger partial charge in [-0.15, -0.1) is 12.4 Å². The molecule has 1 aromatic rings. The number of nitrogen functional groups attached to an aromatic ring is 1. The molecule has 1 saturated carbocycles. The number of carbonyl (C=O) groups excluding carboxylic acids is 1. The topological polar surface area (TPSA) is 68.0 Å². The quantitative estimate of drug-likeness (QED) is 0.895. The van der Waals surface area contributed by atoms with Gasteiger partial charge >= 0.3 is 0 Å². The summed E-state index contributed by atoms with van der Waals surface area (Å²) in [5.41, 5.74) is 6.24. The summed E-state index contributed by atoms with van der Waals surface area (Å²) in [6.45, 7) is 2.23. The van der Waals surface area contributed by atoms with Crippen LogP contribution in [0.15, 0.2) is 18.3 Å². The molecule has 106 valence electrons. The third-order valence-electron chi connectivity index (χ3n) is 3.85. The number of hydrogen-bond donors (Lipinski definition) is 2. The van der Waals surface area contributed by atoms with Gasteiger partial charge in [0.15, 0.2) is 0 Å². The van der Waals surface area contributed by atoms with Crippen LogP contribution in [0.5, 0.6) is 0 Å². The van der Waals surface area contributed by atoms with Gasteiger partial charge in [-0.05, 0) is 43.7 Å². The van der Waals surface area contributed by atoms with E-state index in [9.17, 15) is 4.79 Å². The Hall–Kier alpha value is -1.29. The number of nitrogens with one attached hydrogen (secondary N) is 1. The smallest absolute Gasteiger partial charge is 0.227 e. The van der Waals surface area contributed by atoms with Gasteiger partial charge in [-0.1, -0.05) is 13.3 Å². The van der Waals surface area contributed by atoms with Crippen molar-refractivity contribution in [1.29, 1.82) is 0 Å². The number of nitrogens with two attached hydrogens (primary N) is 1. The minimum Gasteiger partial charge on any atom is -0.384 e. The molecule has 1 aromatic heterocycles. The maximum Gasteiger partial charge on any atom is 0.227 e. The Kier molecular flexibility index (Phi) is 6.09. The fourth-order valence-corrected chi connectivity index (χ4v) is 2.56. The minimum absolute atomic E-state index is 0. The Bertz CT molecular complexity index is 400. The van der Waals surface area contributed by atoms with Gasteiger partial charge in [0, 0.05) is 5.92 Å². The number of rotatable bonds is 3. The third-order valence-corrected chi connectivity index (χ3v) is 3.85. The number of hydrogen-bond acceptors (Lipinski definition) is 3. The van der Waals surface area contributed by atoms with Crippen LogP contribution in [0.25, 0.3) is 0 Å². The van der Waals surface area contributed by atoms with Crippen LogP contribution in [0.2, 0.25) is 0 Å². The summed E-state index contributed by atoms with van der Waals surface area (Å²) < 4.78 is 0. The van der Waals surface area contributed by atoms with Gasteiger partial charge < -0.3 is 11.1 Å². The summed E-state index contributed by atoms with van der Waals surface area (Å²) in [5.74, 6) is 1.56. The Morgan fingerprint density at radius 1 is 1.37 bits per heavy atom. The summed E-state index contributed by atoms with van der Waals surface area (Å²) in [6.07, 6.45) is 7.20. The average molecular weight is 284 g/mol. The van der Waals surface area contributed by atoms with Crippen molar-refractivity contribution in [3.8, 4) is 0 Å². The van der Waals surface area contributed by atoms with Crippen molar-refractivity contribution in [3.05, 3.63) is 18.3 Å². The molecule has 5 heteroatoms. The van der Waals surface area contributed by atoms with E-state index in [1.807, 2.05) is 0 Å². The first-order chi connectivity index (χ1) is 8.69. The molecule has 1 fully saturated rings. The molecule has 0 bridgehead atoms. The van der Waals surface area contributed by atoms with Crippen LogP contribution in [-0.4, -0.2) is 10.9 Å². The van der Waals surface area contributed by atoms with Gasteiger partial charge in [-0.3, -0.25) is 4.79 Å². The Balaban J connectivity index is 0.00000180. The van der Waals surface area contributed by atoms with Crippen LogP contribution >= 0.6 is 12.4 Å². The van der Waals surface area contributed by atoms with Gasteiger partial charge in [-0.2, -0.15) is 0 Å². The number of anilines is 2. The Morgan fingerprint density at radius 3 is 2.58 bits per heavy atom. The highest BCUT2D eigenvalue weighted by atomic mass is 35.5. The maximum atomic E-state index is 12.1. The fraction of sp³-hybridized carbons (Fsp3) is 0.571. The monoisotopic (exact) mass is 283 g/mol. The molecule has 0 spiro atoms. The molecule has 0 atom stereocenters. The van der Waals surface area contributed by atoms with Gasteiger partial charge in [0.25, 0.3) is 0 Å². The molecule has 4 nitrogen and oxygen atoms in total. The zero-order valence-corrected chi connectivity index (χ0v) is 12.1. The molecular weight excluding hydrogens is 262 g/mol. The predicted molar refractivity (Wildman–Crippen MR) is 80.3 cm³/mol. The van der Waals surface area contributed by atoms with Gasteiger partial charge in [0.05, 0.1) is 11.9 Å². The van der Waals surface area contributed by atoms with E-state index in [0.29, 0.717) is 5.82 Å². The van der Waals surface area contributed by atoms with E-state index >= 15 is 0 Å². The van der Waals surface area contributed by atoms with Crippen molar-refractivity contribution < 1.29 is 4.79 Å². The fourth-order valence-electron chi connectivity index (χ4n) is 2.56. The van der Waals surface area contributed by atoms with Gasteiger partial charge in [0.1, 0.15) is 5.82 Å². The number of aromatic nitrogens is 1. The predicted octanol–water partition coefficient (Wildman–Crippen LogP) is 3.24. The maximum absolute atomic E-state index is 12.1. The zero-order chi connectivity index (χ0) is 13.0. The second-order valence-corrected chi connectivity index (χ2v) is 5.09. The lowest BCUT2D eigenvalue weighted by Crippen LogP contribution is -2.27. The minimum atomic E-state index is 0. The summed E-state index contributed by atoms with van der Waals surface area (Å²) in [5, 5.41) is 2.91. The molecule has 3 N–H and O–H groups in total. The number of nitrogens with zero attached hydrogens (tertiary/aromatic N) is 1. The third kappa shape index (κ3) is 4.39. The van der Waals surface area contributed by atoms with Crippen molar-refractivity contribution in [3.63, 3.8) is 0 Å². The highest BCUT2D eigenvalue weighted by molar-refractivity contribution is 5.92. The standard InChI is InChI=1S/C14H21N3O.ClH/c1-2-10-3-5-11(6-4-10)14(18)17-12-7-8-13(15)16-9-12;/h7-11H,2-6H2,1H3,(H2,15,16)(H,17,18);1H. The van der Waals surface area contributed by atoms with Crippen LogP contribution in [0.3, 0.4) is 0 Å². The van der Waals surface area contributed by atoms with Crippen molar-refractivity contribution in [2.45, 2.75) is 39.0 Å². The summed E-state index contributed by atoms with van der Waals surface area (Å²) in [6, 6.07) is 3.49. The zero-order valence-electron chi connectivity index (χ0n) is 11.3. The molecule has 0 aliphatic heterocycles. The number of carbonyl (C=O) groups is 1. The summed E-state index contributed by atoms with van der Waals surface area (Å²) in [7, 11) is 0.